The Hall–Kier alpha value is -4.99. The number of sulfonamides is 1. The zero-order chi connectivity index (χ0) is 28.8. The van der Waals surface area contributed by atoms with Gasteiger partial charge in [-0.1, -0.05) is 60.1 Å². The summed E-state index contributed by atoms with van der Waals surface area (Å²) in [4.78, 5) is 25.6. The van der Waals surface area contributed by atoms with E-state index in [9.17, 15) is 18.0 Å². The maximum absolute atomic E-state index is 12.8. The van der Waals surface area contributed by atoms with Crippen LogP contribution in [0.5, 0.6) is 5.75 Å². The minimum Gasteiger partial charge on any atom is -0.423 e. The molecule has 204 valence electrons. The van der Waals surface area contributed by atoms with Gasteiger partial charge in [0.25, 0.3) is 15.9 Å². The Balaban J connectivity index is 1.22. The van der Waals surface area contributed by atoms with Crippen molar-refractivity contribution in [2.24, 2.45) is 5.10 Å². The first kappa shape index (κ1) is 27.6. The van der Waals surface area contributed by atoms with E-state index in [2.05, 4.69) is 15.2 Å². The van der Waals surface area contributed by atoms with E-state index in [-0.39, 0.29) is 16.1 Å². The van der Waals surface area contributed by atoms with E-state index in [0.29, 0.717) is 21.9 Å². The molecule has 0 aliphatic carbocycles. The predicted octanol–water partition coefficient (Wildman–Crippen LogP) is 6.28. The maximum Gasteiger partial charge on any atom is 0.344 e. The number of carbonyl (C=O) groups excluding carboxylic acids is 2. The number of hydrogen-bond donors (Lipinski definition) is 2. The molecule has 8 nitrogen and oxygen atoms in total. The maximum atomic E-state index is 12.8. The average molecular weight is 584 g/mol. The molecule has 0 spiro atoms. The van der Waals surface area contributed by atoms with Crippen LogP contribution in [0, 0.1) is 0 Å². The van der Waals surface area contributed by atoms with Gasteiger partial charge in [-0.15, -0.1) is 0 Å². The van der Waals surface area contributed by atoms with Crippen LogP contribution in [0.1, 0.15) is 26.3 Å². The number of esters is 1. The van der Waals surface area contributed by atoms with Crippen LogP contribution < -0.4 is 14.9 Å². The van der Waals surface area contributed by atoms with E-state index < -0.39 is 21.9 Å². The van der Waals surface area contributed by atoms with E-state index in [1.54, 1.807) is 48.5 Å². The molecule has 5 aromatic rings. The van der Waals surface area contributed by atoms with Gasteiger partial charge in [0.15, 0.2) is 0 Å². The molecule has 0 aliphatic rings. The summed E-state index contributed by atoms with van der Waals surface area (Å²) < 4.78 is 33.5. The second-order valence-corrected chi connectivity index (χ2v) is 10.9. The number of benzene rings is 5. The second-order valence-electron chi connectivity index (χ2n) is 8.79. The highest BCUT2D eigenvalue weighted by Gasteiger charge is 2.18. The van der Waals surface area contributed by atoms with Crippen LogP contribution in [0.15, 0.2) is 125 Å². The van der Waals surface area contributed by atoms with Gasteiger partial charge in [-0.3, -0.25) is 9.52 Å². The van der Waals surface area contributed by atoms with Crippen molar-refractivity contribution in [1.29, 1.82) is 0 Å². The topological polar surface area (TPSA) is 114 Å². The Morgan fingerprint density at radius 2 is 1.41 bits per heavy atom. The Morgan fingerprint density at radius 3 is 2.20 bits per heavy atom. The van der Waals surface area contributed by atoms with Crippen LogP contribution in [-0.2, 0) is 10.0 Å². The van der Waals surface area contributed by atoms with E-state index in [1.807, 2.05) is 30.3 Å². The monoisotopic (exact) mass is 583 g/mol. The lowest BCUT2D eigenvalue weighted by Crippen LogP contribution is -2.21. The number of hydrogen-bond acceptors (Lipinski definition) is 6. The van der Waals surface area contributed by atoms with Crippen molar-refractivity contribution in [3.8, 4) is 5.75 Å². The molecule has 41 heavy (non-hydrogen) atoms. The van der Waals surface area contributed by atoms with Gasteiger partial charge in [0.2, 0.25) is 0 Å². The van der Waals surface area contributed by atoms with Gasteiger partial charge < -0.3 is 4.74 Å². The van der Waals surface area contributed by atoms with Gasteiger partial charge in [-0.05, 0) is 83.1 Å². The number of nitrogens with one attached hydrogen (secondary N) is 2. The van der Waals surface area contributed by atoms with E-state index in [0.717, 1.165) is 10.8 Å². The second kappa shape index (κ2) is 12.0. The first-order valence-electron chi connectivity index (χ1n) is 12.3. The van der Waals surface area contributed by atoms with E-state index >= 15 is 0 Å². The third-order valence-electron chi connectivity index (χ3n) is 6.02. The third kappa shape index (κ3) is 6.60. The molecule has 0 aliphatic heterocycles. The van der Waals surface area contributed by atoms with Crippen LogP contribution in [0.4, 0.5) is 5.69 Å². The molecule has 0 atom stereocenters. The molecule has 10 heteroatoms. The standard InChI is InChI=1S/C31H22ClN3O5S/c32-23-14-18-25(19-15-23)41(38,39)35-29-11-4-3-9-28(29)30(36)34-33-20-21-12-16-24(17-13-21)40-31(37)27-10-5-7-22-6-1-2-8-26(22)27/h1-20,35H,(H,34,36)/b33-20-. The lowest BCUT2D eigenvalue weighted by atomic mass is 10.0. The lowest BCUT2D eigenvalue weighted by molar-refractivity contribution is 0.0736. The van der Waals surface area contributed by atoms with Gasteiger partial charge >= 0.3 is 5.97 Å². The summed E-state index contributed by atoms with van der Waals surface area (Å²) >= 11 is 5.85. The molecule has 0 unspecified atom stereocenters. The summed E-state index contributed by atoms with van der Waals surface area (Å²) in [6.45, 7) is 0. The summed E-state index contributed by atoms with van der Waals surface area (Å²) in [5, 5.41) is 6.12. The zero-order valence-electron chi connectivity index (χ0n) is 21.3. The van der Waals surface area contributed by atoms with Crippen molar-refractivity contribution in [3.05, 3.63) is 137 Å². The Kier molecular flexibility index (Phi) is 8.09. The fourth-order valence-corrected chi connectivity index (χ4v) is 5.21. The molecule has 0 aromatic heterocycles. The van der Waals surface area contributed by atoms with Crippen LogP contribution in [0.25, 0.3) is 10.8 Å². The molecule has 0 radical (unpaired) electrons. The van der Waals surface area contributed by atoms with Gasteiger partial charge in [-0.2, -0.15) is 5.10 Å². The molecule has 1 amide bonds. The summed E-state index contributed by atoms with van der Waals surface area (Å²) in [5.74, 6) is -0.733. The quantitative estimate of drug-likeness (QED) is 0.0966. The summed E-state index contributed by atoms with van der Waals surface area (Å²) in [7, 11) is -3.95. The Morgan fingerprint density at radius 1 is 0.756 bits per heavy atom. The van der Waals surface area contributed by atoms with Crippen LogP contribution in [0.3, 0.4) is 0 Å². The molecule has 0 fully saturated rings. The number of carbonyl (C=O) groups is 2. The number of halogens is 1. The first-order valence-corrected chi connectivity index (χ1v) is 14.2. The van der Waals surface area contributed by atoms with Crippen molar-refractivity contribution < 1.29 is 22.7 Å². The highest BCUT2D eigenvalue weighted by atomic mass is 35.5. The normalized spacial score (nSPS) is 11.3. The summed E-state index contributed by atoms with van der Waals surface area (Å²) in [6.07, 6.45) is 1.41. The van der Waals surface area contributed by atoms with Crippen LogP contribution in [-0.4, -0.2) is 26.5 Å². The van der Waals surface area contributed by atoms with E-state index in [4.69, 9.17) is 16.3 Å². The Bertz CT molecular complexity index is 1870. The number of hydrazone groups is 1. The average Bonchev–Trinajstić information content (AvgIpc) is 2.98. The minimum absolute atomic E-state index is 0.00128. The van der Waals surface area contributed by atoms with Crippen molar-refractivity contribution in [2.45, 2.75) is 4.90 Å². The number of nitrogens with zero attached hydrogens (tertiary/aromatic N) is 1. The minimum atomic E-state index is -3.95. The van der Waals surface area contributed by atoms with Crippen molar-refractivity contribution >= 4 is 56.2 Å². The number of amides is 1. The largest absolute Gasteiger partial charge is 0.423 e. The summed E-state index contributed by atoms with van der Waals surface area (Å²) in [5.41, 5.74) is 3.67. The SMILES string of the molecule is O=C(N/N=C\c1ccc(OC(=O)c2cccc3ccccc23)cc1)c1ccccc1NS(=O)(=O)c1ccc(Cl)cc1. The highest BCUT2D eigenvalue weighted by molar-refractivity contribution is 7.92. The smallest absolute Gasteiger partial charge is 0.344 e. The zero-order valence-corrected chi connectivity index (χ0v) is 22.9. The van der Waals surface area contributed by atoms with Gasteiger partial charge in [-0.25, -0.2) is 18.6 Å². The predicted molar refractivity (Wildman–Crippen MR) is 159 cm³/mol. The number of ether oxygens (including phenoxy) is 1. The van der Waals surface area contributed by atoms with Gasteiger partial charge in [0.1, 0.15) is 5.75 Å². The molecule has 0 saturated heterocycles. The molecule has 5 aromatic carbocycles. The first-order chi connectivity index (χ1) is 19.8. The fourth-order valence-electron chi connectivity index (χ4n) is 4.00. The third-order valence-corrected chi connectivity index (χ3v) is 7.65. The van der Waals surface area contributed by atoms with Crippen LogP contribution >= 0.6 is 11.6 Å². The van der Waals surface area contributed by atoms with Gasteiger partial charge in [0, 0.05) is 5.02 Å². The number of fused-ring (bicyclic) bond motifs is 1. The molecule has 0 heterocycles. The van der Waals surface area contributed by atoms with Crippen molar-refractivity contribution in [1.82, 2.24) is 5.43 Å². The summed E-state index contributed by atoms with van der Waals surface area (Å²) in [6, 6.07) is 31.4. The van der Waals surface area contributed by atoms with Crippen molar-refractivity contribution in [3.63, 3.8) is 0 Å². The molecule has 0 saturated carbocycles. The van der Waals surface area contributed by atoms with Crippen LogP contribution in [0.2, 0.25) is 5.02 Å². The molecule has 5 rings (SSSR count). The molecule has 2 N–H and O–H groups in total. The Labute approximate surface area is 241 Å². The number of anilines is 1. The van der Waals surface area contributed by atoms with Crippen molar-refractivity contribution in [2.75, 3.05) is 4.72 Å². The molecular weight excluding hydrogens is 562 g/mol. The van der Waals surface area contributed by atoms with Gasteiger partial charge in [0.05, 0.1) is 27.9 Å². The number of para-hydroxylation sites is 1. The van der Waals surface area contributed by atoms with E-state index in [1.165, 1.54) is 42.6 Å². The molecule has 0 bridgehead atoms. The molecular formula is C31H22ClN3O5S. The fraction of sp³-hybridized carbons (Fsp3) is 0. The lowest BCUT2D eigenvalue weighted by Gasteiger charge is -2.11. The highest BCUT2D eigenvalue weighted by Crippen LogP contribution is 2.23. The number of rotatable bonds is 8.